The van der Waals surface area contributed by atoms with E-state index in [-0.39, 0.29) is 46.1 Å². The summed E-state index contributed by atoms with van der Waals surface area (Å²) >= 11 is 3.65. The van der Waals surface area contributed by atoms with Gasteiger partial charge in [-0.15, -0.1) is 34.9 Å². The number of hydrogen-bond acceptors (Lipinski definition) is 12. The van der Waals surface area contributed by atoms with Crippen LogP contribution < -0.4 is 45.7 Å². The largest absolute Gasteiger partial charge is 1.00 e. The van der Waals surface area contributed by atoms with Crippen molar-refractivity contribution in [2.45, 2.75) is 17.2 Å². The van der Waals surface area contributed by atoms with Gasteiger partial charge in [-0.05, 0) is 12.1 Å². The number of aliphatic carboxylic acids is 1. The molecule has 11 nitrogen and oxygen atoms in total. The molecule has 2 amide bonds. The number of nitrogen functional groups attached to an aromatic ring is 1. The summed E-state index contributed by atoms with van der Waals surface area (Å²) < 4.78 is 0. The van der Waals surface area contributed by atoms with E-state index in [0.717, 1.165) is 21.9 Å². The van der Waals surface area contributed by atoms with Crippen LogP contribution in [0, 0.1) is 0 Å². The second-order valence-corrected chi connectivity index (χ2v) is 9.61. The number of nitrogens with one attached hydrogen (secondary N) is 1. The topological polar surface area (TPSA) is 174 Å². The number of fused-ring (bicyclic) bond motifs is 1. The molecular weight excluding hydrogens is 499 g/mol. The molecule has 1 fully saturated rings. The summed E-state index contributed by atoms with van der Waals surface area (Å²) in [4.78, 5) is 46.8. The minimum Gasteiger partial charge on any atom is -0.543 e. The number of carbonyl (C=O) groups excluding carboxylic acids is 3. The molecule has 0 aliphatic carbocycles. The number of aromatic nitrogens is 2. The number of nitrogens with zero attached hydrogens (tertiary/aromatic N) is 4. The van der Waals surface area contributed by atoms with Crippen molar-refractivity contribution in [3.63, 3.8) is 0 Å². The predicted octanol–water partition coefficient (Wildman–Crippen LogP) is -3.40. The fraction of sp³-hybridized carbons (Fsp3) is 0.222. The van der Waals surface area contributed by atoms with Crippen molar-refractivity contribution in [1.29, 1.82) is 0 Å². The summed E-state index contributed by atoms with van der Waals surface area (Å²) in [5.74, 6) is -2.13. The summed E-state index contributed by atoms with van der Waals surface area (Å²) in [6.07, 6.45) is 1.64. The molecule has 4 rings (SSSR count). The third-order valence-electron chi connectivity index (χ3n) is 4.61. The number of carbonyl (C=O) groups is 3. The minimum absolute atomic E-state index is 0. The van der Waals surface area contributed by atoms with Crippen molar-refractivity contribution in [2.75, 3.05) is 11.5 Å². The van der Waals surface area contributed by atoms with Crippen molar-refractivity contribution < 1.29 is 54.3 Å². The number of oxime groups is 1. The van der Waals surface area contributed by atoms with Crippen LogP contribution in [0.3, 0.4) is 0 Å². The molecule has 0 radical (unpaired) electrons. The maximum atomic E-state index is 12.7. The van der Waals surface area contributed by atoms with Crippen LogP contribution in [0.1, 0.15) is 11.4 Å². The van der Waals surface area contributed by atoms with Crippen LogP contribution in [0.5, 0.6) is 0 Å². The van der Waals surface area contributed by atoms with Gasteiger partial charge in [-0.1, -0.05) is 11.2 Å². The second-order valence-electron chi connectivity index (χ2n) is 6.55. The number of carboxylic acids is 1. The van der Waals surface area contributed by atoms with Crippen molar-refractivity contribution in [3.05, 3.63) is 51.8 Å². The second kappa shape index (κ2) is 10.9. The van der Waals surface area contributed by atoms with E-state index in [4.69, 9.17) is 5.73 Å². The quantitative estimate of drug-likeness (QED) is 0.111. The molecule has 0 bridgehead atoms. The van der Waals surface area contributed by atoms with Crippen LogP contribution in [-0.4, -0.2) is 60.7 Å². The monoisotopic (exact) mass is 514 g/mol. The van der Waals surface area contributed by atoms with Crippen molar-refractivity contribution in [2.24, 2.45) is 5.16 Å². The minimum atomic E-state index is -1.47. The fourth-order valence-corrected chi connectivity index (χ4v) is 6.25. The first-order valence-corrected chi connectivity index (χ1v) is 12.0. The van der Waals surface area contributed by atoms with E-state index >= 15 is 0 Å². The summed E-state index contributed by atoms with van der Waals surface area (Å²) in [5.41, 5.74) is 5.78. The van der Waals surface area contributed by atoms with Gasteiger partial charge in [0, 0.05) is 28.0 Å². The molecular formula is C18H15N6NaO5S3. The van der Waals surface area contributed by atoms with E-state index in [2.05, 4.69) is 20.4 Å². The van der Waals surface area contributed by atoms with Crippen molar-refractivity contribution in [1.82, 2.24) is 20.2 Å². The standard InChI is InChI=1S/C18H16N6O5S3.Na/c19-18-21-9(6-32-18)11(23-29)14(25)22-12-15(26)24-13(17(27)28)10(7-31-16(12)24)30-5-8-3-1-2-4-20-8;/h1-4,6,12,16,29H,5,7H2,(H2,19,21)(H,22,25)(H,27,28);/q;+1/p-1/b23-11-;/t12-,16-;/m1./s1. The molecule has 2 aromatic rings. The molecule has 0 saturated carbocycles. The van der Waals surface area contributed by atoms with Crippen LogP contribution in [0.2, 0.25) is 0 Å². The van der Waals surface area contributed by atoms with E-state index in [9.17, 15) is 24.7 Å². The third kappa shape index (κ3) is 5.20. The molecule has 2 aromatic heterocycles. The predicted molar refractivity (Wildman–Crippen MR) is 117 cm³/mol. The normalized spacial score (nSPS) is 19.9. The van der Waals surface area contributed by atoms with Crippen LogP contribution >= 0.6 is 34.9 Å². The van der Waals surface area contributed by atoms with Gasteiger partial charge in [0.05, 0.1) is 17.4 Å². The number of pyridine rings is 1. The van der Waals surface area contributed by atoms with E-state index < -0.39 is 34.9 Å². The number of thioether (sulfide) groups is 2. The Balaban J connectivity index is 0.00000306. The van der Waals surface area contributed by atoms with Gasteiger partial charge in [0.15, 0.2) is 10.8 Å². The molecule has 33 heavy (non-hydrogen) atoms. The van der Waals surface area contributed by atoms with Gasteiger partial charge in [-0.25, -0.2) is 4.98 Å². The Kier molecular flexibility index (Phi) is 8.42. The number of amides is 2. The van der Waals surface area contributed by atoms with Gasteiger partial charge in [-0.3, -0.25) is 19.5 Å². The Bertz CT molecular complexity index is 1140. The smallest absolute Gasteiger partial charge is 0.543 e. The van der Waals surface area contributed by atoms with Gasteiger partial charge < -0.3 is 26.2 Å². The average Bonchev–Trinajstić information content (AvgIpc) is 3.22. The number of hydrogen-bond donors (Lipinski definition) is 3. The number of nitrogens with two attached hydrogens (primary N) is 1. The summed E-state index contributed by atoms with van der Waals surface area (Å²) in [6.45, 7) is 0. The Morgan fingerprint density at radius 1 is 1.42 bits per heavy atom. The number of β-lactam (4-membered cyclic amide) rings is 1. The SMILES string of the molecule is Nc1nc(/C(=N/O)C(=O)N[C@@H]2C(=O)N3C(C(=O)[O-])=C(SCc4ccccn4)CS[C@H]23)cs1.[Na+]. The van der Waals surface area contributed by atoms with Gasteiger partial charge in [-0.2, -0.15) is 0 Å². The van der Waals surface area contributed by atoms with Crippen molar-refractivity contribution in [3.8, 4) is 0 Å². The Morgan fingerprint density at radius 2 is 2.21 bits per heavy atom. The summed E-state index contributed by atoms with van der Waals surface area (Å²) in [5, 5.41) is 27.5. The van der Waals surface area contributed by atoms with Crippen LogP contribution in [0.4, 0.5) is 5.13 Å². The molecule has 4 heterocycles. The first-order valence-electron chi connectivity index (χ1n) is 9.07. The maximum absolute atomic E-state index is 12.7. The number of carboxylic acid groups (broad SMARTS) is 1. The zero-order valence-corrected chi connectivity index (χ0v) is 21.6. The summed E-state index contributed by atoms with van der Waals surface area (Å²) in [6, 6.07) is 4.45. The molecule has 15 heteroatoms. The number of anilines is 1. The molecule has 2 aliphatic rings. The summed E-state index contributed by atoms with van der Waals surface area (Å²) in [7, 11) is 0. The fourth-order valence-electron chi connectivity index (χ4n) is 3.15. The maximum Gasteiger partial charge on any atom is 1.00 e. The van der Waals surface area contributed by atoms with E-state index in [1.165, 1.54) is 28.9 Å². The zero-order valence-electron chi connectivity index (χ0n) is 17.1. The molecule has 166 valence electrons. The Labute approximate surface area is 222 Å². The number of thiazole rings is 1. The van der Waals surface area contributed by atoms with Crippen LogP contribution in [-0.2, 0) is 20.1 Å². The first kappa shape index (κ1) is 25.5. The molecule has 4 N–H and O–H groups in total. The van der Waals surface area contributed by atoms with Crippen LogP contribution in [0.25, 0.3) is 0 Å². The van der Waals surface area contributed by atoms with E-state index in [0.29, 0.717) is 16.4 Å². The van der Waals surface area contributed by atoms with Gasteiger partial charge in [0.2, 0.25) is 0 Å². The van der Waals surface area contributed by atoms with E-state index in [1.54, 1.807) is 12.3 Å². The van der Waals surface area contributed by atoms with Crippen LogP contribution in [0.15, 0.2) is 45.5 Å². The average molecular weight is 515 g/mol. The Hall–Kier alpha value is -2.10. The molecule has 2 aliphatic heterocycles. The van der Waals surface area contributed by atoms with Gasteiger partial charge in [0.25, 0.3) is 11.8 Å². The number of rotatable bonds is 7. The Morgan fingerprint density at radius 3 is 2.82 bits per heavy atom. The molecule has 0 spiro atoms. The van der Waals surface area contributed by atoms with Gasteiger partial charge >= 0.3 is 29.6 Å². The molecule has 0 aromatic carbocycles. The first-order chi connectivity index (χ1) is 15.4. The molecule has 2 atom stereocenters. The van der Waals surface area contributed by atoms with Gasteiger partial charge in [0.1, 0.15) is 17.1 Å². The molecule has 0 unspecified atom stereocenters. The third-order valence-corrected chi connectivity index (χ3v) is 7.88. The van der Waals surface area contributed by atoms with Crippen molar-refractivity contribution >= 4 is 63.5 Å². The zero-order chi connectivity index (χ0) is 22.8. The molecule has 1 saturated heterocycles. The van der Waals surface area contributed by atoms with E-state index in [1.807, 2.05) is 12.1 Å².